The third kappa shape index (κ3) is 4.83. The third-order valence-electron chi connectivity index (χ3n) is 4.89. The van der Waals surface area contributed by atoms with Crippen LogP contribution in [0.15, 0.2) is 36.4 Å². The summed E-state index contributed by atoms with van der Waals surface area (Å²) >= 11 is 0. The number of carbonyl (C=O) groups excluding carboxylic acids is 1. The molecule has 2 aromatic carbocycles. The van der Waals surface area contributed by atoms with Crippen LogP contribution in [0.1, 0.15) is 6.42 Å². The van der Waals surface area contributed by atoms with Crippen molar-refractivity contribution in [3.63, 3.8) is 0 Å². The smallest absolute Gasteiger partial charge is 0.323 e. The molecule has 0 bridgehead atoms. The molecule has 8 nitrogen and oxygen atoms in total. The normalized spacial score (nSPS) is 15.7. The Kier molecular flexibility index (Phi) is 6.66. The second kappa shape index (κ2) is 9.38. The summed E-state index contributed by atoms with van der Waals surface area (Å²) in [6.07, 6.45) is 1.30. The highest BCUT2D eigenvalue weighted by atomic mass is 16.5. The Labute approximate surface area is 170 Å². The van der Waals surface area contributed by atoms with Crippen LogP contribution >= 0.6 is 0 Å². The summed E-state index contributed by atoms with van der Waals surface area (Å²) in [6, 6.07) is 10.7. The summed E-state index contributed by atoms with van der Waals surface area (Å²) in [7, 11) is 6.32. The van der Waals surface area contributed by atoms with Crippen molar-refractivity contribution in [3.05, 3.63) is 36.4 Å². The van der Waals surface area contributed by atoms with Gasteiger partial charge in [-0.2, -0.15) is 0 Å². The molecule has 0 saturated carbocycles. The summed E-state index contributed by atoms with van der Waals surface area (Å²) < 4.78 is 21.3. The zero-order valence-electron chi connectivity index (χ0n) is 17.2. The summed E-state index contributed by atoms with van der Waals surface area (Å²) in [5.74, 6) is 1.40. The lowest BCUT2D eigenvalue weighted by molar-refractivity contribution is 0.121. The van der Waals surface area contributed by atoms with E-state index in [-0.39, 0.29) is 12.1 Å². The highest BCUT2D eigenvalue weighted by Crippen LogP contribution is 2.39. The van der Waals surface area contributed by atoms with Gasteiger partial charge in [-0.15, -0.1) is 0 Å². The molecule has 3 rings (SSSR count). The average molecular weight is 401 g/mol. The molecule has 2 aromatic rings. The van der Waals surface area contributed by atoms with Crippen LogP contribution in [-0.4, -0.2) is 53.7 Å². The van der Waals surface area contributed by atoms with Crippen molar-refractivity contribution >= 4 is 23.1 Å². The van der Waals surface area contributed by atoms with Crippen molar-refractivity contribution in [2.75, 3.05) is 57.1 Å². The molecule has 0 aromatic heterocycles. The fourth-order valence-electron chi connectivity index (χ4n) is 3.36. The monoisotopic (exact) mass is 401 g/mol. The molecule has 1 aliphatic rings. The quantitative estimate of drug-likeness (QED) is 0.738. The number of hydrogen-bond donors (Lipinski definition) is 2. The van der Waals surface area contributed by atoms with Gasteiger partial charge in [0.25, 0.3) is 0 Å². The maximum absolute atomic E-state index is 12.4. The van der Waals surface area contributed by atoms with Gasteiger partial charge in [-0.05, 0) is 30.7 Å². The third-order valence-corrected chi connectivity index (χ3v) is 4.89. The molecule has 1 saturated heterocycles. The molecule has 2 amide bonds. The minimum absolute atomic E-state index is 0.275. The molecule has 2 N–H and O–H groups in total. The van der Waals surface area contributed by atoms with Gasteiger partial charge in [-0.3, -0.25) is 0 Å². The van der Waals surface area contributed by atoms with E-state index in [4.69, 9.17) is 18.9 Å². The summed E-state index contributed by atoms with van der Waals surface area (Å²) in [5, 5.41) is 5.61. The fourth-order valence-corrected chi connectivity index (χ4v) is 3.36. The van der Waals surface area contributed by atoms with Crippen LogP contribution in [0.5, 0.6) is 17.2 Å². The number of methoxy groups -OCH3 is 4. The van der Waals surface area contributed by atoms with E-state index < -0.39 is 0 Å². The van der Waals surface area contributed by atoms with E-state index in [0.717, 1.165) is 25.2 Å². The first kappa shape index (κ1) is 20.6. The van der Waals surface area contributed by atoms with Gasteiger partial charge in [-0.25, -0.2) is 4.79 Å². The van der Waals surface area contributed by atoms with Gasteiger partial charge < -0.3 is 34.5 Å². The Bertz CT molecular complexity index is 816. The van der Waals surface area contributed by atoms with Gasteiger partial charge in [0.2, 0.25) is 5.75 Å². The minimum atomic E-state index is -0.368. The Hall–Kier alpha value is -3.13. The van der Waals surface area contributed by atoms with E-state index in [1.807, 2.05) is 24.3 Å². The van der Waals surface area contributed by atoms with Gasteiger partial charge in [0, 0.05) is 43.7 Å². The van der Waals surface area contributed by atoms with Crippen LogP contribution < -0.4 is 29.7 Å². The molecule has 1 aliphatic heterocycles. The number of ether oxygens (including phenoxy) is 4. The molecule has 1 fully saturated rings. The van der Waals surface area contributed by atoms with Crippen LogP contribution in [0, 0.1) is 0 Å². The summed E-state index contributed by atoms with van der Waals surface area (Å²) in [6.45, 7) is 1.85. The number of hydrogen-bond acceptors (Lipinski definition) is 6. The maximum Gasteiger partial charge on any atom is 0.323 e. The van der Waals surface area contributed by atoms with E-state index in [9.17, 15) is 4.79 Å². The van der Waals surface area contributed by atoms with Crippen molar-refractivity contribution < 1.29 is 23.7 Å². The number of urea groups is 1. The van der Waals surface area contributed by atoms with Crippen LogP contribution in [0.2, 0.25) is 0 Å². The Morgan fingerprint density at radius 3 is 2.07 bits per heavy atom. The number of nitrogens with one attached hydrogen (secondary N) is 2. The van der Waals surface area contributed by atoms with Crippen LogP contribution in [-0.2, 0) is 4.74 Å². The molecule has 0 aliphatic carbocycles. The minimum Gasteiger partial charge on any atom is -0.493 e. The van der Waals surface area contributed by atoms with E-state index >= 15 is 0 Å². The second-order valence-electron chi connectivity index (χ2n) is 6.63. The first-order valence-corrected chi connectivity index (χ1v) is 9.33. The van der Waals surface area contributed by atoms with E-state index in [2.05, 4.69) is 15.5 Å². The number of nitrogens with zero attached hydrogens (tertiary/aromatic N) is 1. The van der Waals surface area contributed by atoms with Crippen molar-refractivity contribution in [1.29, 1.82) is 0 Å². The highest BCUT2D eigenvalue weighted by molar-refractivity contribution is 6.00. The van der Waals surface area contributed by atoms with E-state index in [0.29, 0.717) is 28.6 Å². The van der Waals surface area contributed by atoms with Crippen molar-refractivity contribution in [3.8, 4) is 17.2 Å². The molecule has 29 heavy (non-hydrogen) atoms. The van der Waals surface area contributed by atoms with Gasteiger partial charge >= 0.3 is 6.03 Å². The molecule has 0 spiro atoms. The Balaban J connectivity index is 1.64. The Morgan fingerprint density at radius 2 is 1.55 bits per heavy atom. The fraction of sp³-hybridized carbons (Fsp3) is 0.381. The zero-order valence-corrected chi connectivity index (χ0v) is 17.2. The predicted molar refractivity (Wildman–Crippen MR) is 113 cm³/mol. The number of amides is 2. The summed E-state index contributed by atoms with van der Waals surface area (Å²) in [4.78, 5) is 14.7. The predicted octanol–water partition coefficient (Wildman–Crippen LogP) is 3.58. The van der Waals surface area contributed by atoms with Crippen LogP contribution in [0.3, 0.4) is 0 Å². The second-order valence-corrected chi connectivity index (χ2v) is 6.63. The van der Waals surface area contributed by atoms with Gasteiger partial charge in [0.15, 0.2) is 11.5 Å². The molecular weight excluding hydrogens is 374 g/mol. The number of benzene rings is 2. The number of anilines is 3. The summed E-state index contributed by atoms with van der Waals surface area (Å²) in [5.41, 5.74) is 2.33. The first-order chi connectivity index (χ1) is 14.1. The van der Waals surface area contributed by atoms with Crippen LogP contribution in [0.4, 0.5) is 21.9 Å². The van der Waals surface area contributed by atoms with Gasteiger partial charge in [0.05, 0.1) is 33.1 Å². The standard InChI is InChI=1S/C21H27N3O5/c1-26-17-9-10-24(13-17)16-7-5-14(6-8-16)22-21(25)23-15-11-18(27-2)20(29-4)19(12-15)28-3/h5-8,11-12,17H,9-10,13H2,1-4H3,(H2,22,23,25). The number of carbonyl (C=O) groups is 1. The molecule has 0 radical (unpaired) electrons. The Morgan fingerprint density at radius 1 is 0.931 bits per heavy atom. The maximum atomic E-state index is 12.4. The molecule has 156 valence electrons. The zero-order chi connectivity index (χ0) is 20.8. The lowest BCUT2D eigenvalue weighted by Crippen LogP contribution is -2.22. The van der Waals surface area contributed by atoms with Crippen LogP contribution in [0.25, 0.3) is 0 Å². The molecular formula is C21H27N3O5. The molecule has 1 atom stereocenters. The lowest BCUT2D eigenvalue weighted by Gasteiger charge is -2.19. The molecule has 1 unspecified atom stereocenters. The van der Waals surface area contributed by atoms with Crippen molar-refractivity contribution in [2.24, 2.45) is 0 Å². The topological polar surface area (TPSA) is 81.3 Å². The average Bonchev–Trinajstić information content (AvgIpc) is 3.22. The van der Waals surface area contributed by atoms with Crippen molar-refractivity contribution in [2.45, 2.75) is 12.5 Å². The molecule has 1 heterocycles. The SMILES string of the molecule is COc1cc(NC(=O)Nc2ccc(N3CCC(OC)C3)cc2)cc(OC)c1OC. The largest absolute Gasteiger partial charge is 0.493 e. The van der Waals surface area contributed by atoms with Gasteiger partial charge in [-0.1, -0.05) is 0 Å². The van der Waals surface area contributed by atoms with Gasteiger partial charge in [0.1, 0.15) is 0 Å². The van der Waals surface area contributed by atoms with Crippen molar-refractivity contribution in [1.82, 2.24) is 0 Å². The van der Waals surface area contributed by atoms with E-state index in [1.165, 1.54) is 21.3 Å². The molecule has 8 heteroatoms. The lowest BCUT2D eigenvalue weighted by atomic mass is 10.2. The number of rotatable bonds is 7. The first-order valence-electron chi connectivity index (χ1n) is 9.33. The van der Waals surface area contributed by atoms with E-state index in [1.54, 1.807) is 19.2 Å². The highest BCUT2D eigenvalue weighted by Gasteiger charge is 2.22.